The fraction of sp³-hybridized carbons (Fsp3) is 0.333. The zero-order chi connectivity index (χ0) is 23.4. The molecule has 4 rings (SSSR count). The Hall–Kier alpha value is -2.63. The van der Waals surface area contributed by atoms with E-state index in [9.17, 15) is 9.18 Å². The second-order valence-corrected chi connectivity index (χ2v) is 9.26. The van der Waals surface area contributed by atoms with Crippen LogP contribution in [-0.2, 0) is 4.74 Å². The van der Waals surface area contributed by atoms with Crippen LogP contribution >= 0.6 is 34.9 Å². The number of hydrogen-bond acceptors (Lipinski definition) is 9. The maximum Gasteiger partial charge on any atom is 0.406 e. The third-order valence-electron chi connectivity index (χ3n) is 4.83. The summed E-state index contributed by atoms with van der Waals surface area (Å²) in [5.41, 5.74) is 2.27. The van der Waals surface area contributed by atoms with Gasteiger partial charge in [0, 0.05) is 37.0 Å². The van der Waals surface area contributed by atoms with E-state index < -0.39 is 11.9 Å². The van der Waals surface area contributed by atoms with Crippen molar-refractivity contribution in [3.8, 4) is 21.8 Å². The third-order valence-corrected chi connectivity index (χ3v) is 6.90. The van der Waals surface area contributed by atoms with Crippen LogP contribution in [0.1, 0.15) is 23.8 Å². The van der Waals surface area contributed by atoms with Crippen LogP contribution < -0.4 is 15.4 Å². The van der Waals surface area contributed by atoms with Crippen LogP contribution in [0.4, 0.5) is 20.8 Å². The van der Waals surface area contributed by atoms with Gasteiger partial charge in [-0.1, -0.05) is 23.5 Å². The number of thiazole rings is 1. The minimum atomic E-state index is -0.504. The molecule has 0 saturated heterocycles. The summed E-state index contributed by atoms with van der Waals surface area (Å²) >= 11 is 9.52. The molecule has 2 heterocycles. The highest BCUT2D eigenvalue weighted by atomic mass is 35.5. The second kappa shape index (κ2) is 10.5. The van der Waals surface area contributed by atoms with Gasteiger partial charge in [-0.3, -0.25) is 0 Å². The number of anilines is 2. The molecule has 0 spiro atoms. The van der Waals surface area contributed by atoms with Gasteiger partial charge in [-0.25, -0.2) is 24.1 Å². The molecule has 1 aliphatic rings. The highest BCUT2D eigenvalue weighted by Crippen LogP contribution is 2.48. The number of halogens is 2. The molecular formula is C21H22ClFN6O2S2. The van der Waals surface area contributed by atoms with E-state index in [0.717, 1.165) is 22.7 Å². The first-order valence-corrected chi connectivity index (χ1v) is 12.6. The smallest absolute Gasteiger partial charge is 0.406 e. The summed E-state index contributed by atoms with van der Waals surface area (Å²) in [5, 5.41) is 7.06. The summed E-state index contributed by atoms with van der Waals surface area (Å²) in [5.74, 6) is 0.421. The number of ether oxygens (including phenoxy) is 1. The Balaban J connectivity index is 1.66. The molecule has 8 nitrogen and oxygen atoms in total. The van der Waals surface area contributed by atoms with Crippen molar-refractivity contribution in [3.63, 3.8) is 0 Å². The van der Waals surface area contributed by atoms with Gasteiger partial charge < -0.3 is 20.1 Å². The van der Waals surface area contributed by atoms with E-state index in [1.807, 2.05) is 6.26 Å². The van der Waals surface area contributed by atoms with Crippen molar-refractivity contribution in [2.45, 2.75) is 18.8 Å². The van der Waals surface area contributed by atoms with Gasteiger partial charge in [-0.2, -0.15) is 0 Å². The Morgan fingerprint density at radius 1 is 1.33 bits per heavy atom. The number of benzene rings is 1. The molecule has 1 aliphatic carbocycles. The molecule has 2 aromatic heterocycles. The highest BCUT2D eigenvalue weighted by Gasteiger charge is 2.30. The number of nitrogens with one attached hydrogen (secondary N) is 3. The molecule has 1 saturated carbocycles. The van der Waals surface area contributed by atoms with Gasteiger partial charge in [-0.05, 0) is 31.0 Å². The third kappa shape index (κ3) is 5.66. The first-order chi connectivity index (χ1) is 16.0. The number of hydrogen-bond donors (Lipinski definition) is 3. The maximum atomic E-state index is 14.4. The number of carbonyl (C=O) groups excluding carboxylic acids is 1. The predicted molar refractivity (Wildman–Crippen MR) is 132 cm³/mol. The van der Waals surface area contributed by atoms with Gasteiger partial charge in [0.15, 0.2) is 0 Å². The van der Waals surface area contributed by atoms with Gasteiger partial charge >= 0.3 is 6.09 Å². The fourth-order valence-electron chi connectivity index (χ4n) is 3.12. The number of nitrogens with zero attached hydrogens (tertiary/aromatic N) is 3. The van der Waals surface area contributed by atoms with Gasteiger partial charge in [0.05, 0.1) is 39.1 Å². The molecule has 0 radical (unpaired) electrons. The summed E-state index contributed by atoms with van der Waals surface area (Å²) < 4.78 is 22.0. The average Bonchev–Trinajstić information content (AvgIpc) is 3.57. The first kappa shape index (κ1) is 23.5. The Kier molecular flexibility index (Phi) is 7.51. The van der Waals surface area contributed by atoms with Crippen LogP contribution in [0.5, 0.6) is 0 Å². The van der Waals surface area contributed by atoms with Crippen molar-refractivity contribution in [1.29, 1.82) is 0 Å². The normalized spacial score (nSPS) is 13.0. The largest absolute Gasteiger partial charge is 0.453 e. The van der Waals surface area contributed by atoms with Crippen molar-refractivity contribution in [3.05, 3.63) is 40.2 Å². The number of alkyl carbamates (subject to hydrolysis) is 1. The van der Waals surface area contributed by atoms with E-state index in [-0.39, 0.29) is 0 Å². The van der Waals surface area contributed by atoms with E-state index >= 15 is 0 Å². The molecule has 0 aliphatic heterocycles. The van der Waals surface area contributed by atoms with Gasteiger partial charge in [0.1, 0.15) is 5.82 Å². The number of carbonyl (C=O) groups is 1. The minimum Gasteiger partial charge on any atom is -0.453 e. The lowest BCUT2D eigenvalue weighted by atomic mass is 10.1. The van der Waals surface area contributed by atoms with E-state index in [1.165, 1.54) is 31.2 Å². The number of aromatic nitrogens is 3. The van der Waals surface area contributed by atoms with Gasteiger partial charge in [0.25, 0.3) is 0 Å². The van der Waals surface area contributed by atoms with Crippen LogP contribution in [0.15, 0.2) is 24.4 Å². The van der Waals surface area contributed by atoms with Crippen LogP contribution in [0.3, 0.4) is 0 Å². The summed E-state index contributed by atoms with van der Waals surface area (Å²) in [7, 11) is 1.31. The molecule has 1 fully saturated rings. The summed E-state index contributed by atoms with van der Waals surface area (Å²) in [6.07, 6.45) is 5.16. The van der Waals surface area contributed by atoms with Gasteiger partial charge in [-0.15, -0.1) is 11.3 Å². The molecule has 0 bridgehead atoms. The Labute approximate surface area is 203 Å². The Morgan fingerprint density at radius 3 is 2.88 bits per heavy atom. The van der Waals surface area contributed by atoms with E-state index in [1.54, 1.807) is 23.6 Å². The number of methoxy groups -OCH3 is 1. The maximum absolute atomic E-state index is 14.4. The van der Waals surface area contributed by atoms with Crippen LogP contribution in [0.25, 0.3) is 21.8 Å². The first-order valence-electron chi connectivity index (χ1n) is 10.2. The topological polar surface area (TPSA) is 101 Å². The predicted octanol–water partition coefficient (Wildman–Crippen LogP) is 5.39. The van der Waals surface area contributed by atoms with E-state index in [0.29, 0.717) is 52.6 Å². The van der Waals surface area contributed by atoms with Crippen molar-refractivity contribution in [2.75, 3.05) is 36.5 Å². The highest BCUT2D eigenvalue weighted by molar-refractivity contribution is 7.99. The van der Waals surface area contributed by atoms with E-state index in [2.05, 4.69) is 30.1 Å². The molecule has 1 aromatic carbocycles. The number of amides is 1. The molecule has 3 N–H and O–H groups in total. The summed E-state index contributed by atoms with van der Waals surface area (Å²) in [4.78, 5) is 25.7. The van der Waals surface area contributed by atoms with Crippen LogP contribution in [-0.4, -0.2) is 47.5 Å². The SMILES string of the molecule is COC(=O)NCCNc1nccc(-c2sc(C3CC3)nc2-c2cc(F)cc(NSC)c2Cl)n1. The Bertz CT molecular complexity index is 1160. The molecule has 1 amide bonds. The molecule has 0 atom stereocenters. The average molecular weight is 509 g/mol. The zero-order valence-electron chi connectivity index (χ0n) is 17.9. The standard InChI is InChI=1S/C21H22ClFN6O2S2/c1-31-21(30)26-8-7-25-20-24-6-5-14(27-20)18-17(28-19(33-18)11-3-4-11)13-9-12(23)10-15(16(13)22)29-32-2/h5-6,9-11,29H,3-4,7-8H2,1-2H3,(H,26,30)(H,24,25,27). The lowest BCUT2D eigenvalue weighted by Crippen LogP contribution is -2.28. The fourth-order valence-corrected chi connectivity index (χ4v) is 5.03. The molecule has 0 unspecified atom stereocenters. The van der Waals surface area contributed by atoms with Crippen LogP contribution in [0.2, 0.25) is 5.02 Å². The molecular weight excluding hydrogens is 487 g/mol. The molecule has 33 heavy (non-hydrogen) atoms. The molecule has 12 heteroatoms. The van der Waals surface area contributed by atoms with E-state index in [4.69, 9.17) is 16.6 Å². The lowest BCUT2D eigenvalue weighted by molar-refractivity contribution is 0.171. The van der Waals surface area contributed by atoms with Crippen molar-refractivity contribution >= 4 is 52.6 Å². The summed E-state index contributed by atoms with van der Waals surface area (Å²) in [6, 6.07) is 4.56. The van der Waals surface area contributed by atoms with Crippen molar-refractivity contribution < 1.29 is 13.9 Å². The van der Waals surface area contributed by atoms with Gasteiger partial charge in [0.2, 0.25) is 5.95 Å². The number of rotatable bonds is 9. The zero-order valence-corrected chi connectivity index (χ0v) is 20.3. The quantitative estimate of drug-likeness (QED) is 0.261. The van der Waals surface area contributed by atoms with Crippen LogP contribution in [0, 0.1) is 5.82 Å². The molecule has 174 valence electrons. The summed E-state index contributed by atoms with van der Waals surface area (Å²) in [6.45, 7) is 0.767. The van der Waals surface area contributed by atoms with Crippen molar-refractivity contribution in [2.24, 2.45) is 0 Å². The second-order valence-electron chi connectivity index (χ2n) is 7.24. The van der Waals surface area contributed by atoms with Crippen molar-refractivity contribution in [1.82, 2.24) is 20.3 Å². The minimum absolute atomic E-state index is 0.349. The monoisotopic (exact) mass is 508 g/mol. The lowest BCUT2D eigenvalue weighted by Gasteiger charge is -2.11. The Morgan fingerprint density at radius 2 is 2.15 bits per heavy atom. The molecule has 3 aromatic rings.